The van der Waals surface area contributed by atoms with E-state index >= 15 is 0 Å². The van der Waals surface area contributed by atoms with Crippen LogP contribution in [0.2, 0.25) is 0 Å². The zero-order valence-corrected chi connectivity index (χ0v) is 11.7. The molecule has 17 heavy (non-hydrogen) atoms. The van der Waals surface area contributed by atoms with Crippen LogP contribution in [0.5, 0.6) is 0 Å². The molecule has 0 fully saturated rings. The first-order valence-corrected chi connectivity index (χ1v) is 6.31. The first-order chi connectivity index (χ1) is 7.75. The quantitative estimate of drug-likeness (QED) is 0.422. The molecule has 0 heterocycles. The van der Waals surface area contributed by atoms with E-state index in [0.29, 0.717) is 17.4 Å². The van der Waals surface area contributed by atoms with Crippen molar-refractivity contribution in [3.8, 4) is 0 Å². The van der Waals surface area contributed by atoms with E-state index in [2.05, 4.69) is 26.5 Å². The first kappa shape index (κ1) is 14.0. The number of esters is 1. The lowest BCUT2D eigenvalue weighted by molar-refractivity contribution is -0.157. The van der Waals surface area contributed by atoms with Crippen molar-refractivity contribution in [2.45, 2.75) is 53.1 Å². The van der Waals surface area contributed by atoms with Gasteiger partial charge in [0.2, 0.25) is 0 Å². The predicted octanol–water partition coefficient (Wildman–Crippen LogP) is 3.88. The van der Waals surface area contributed by atoms with Gasteiger partial charge in [-0.1, -0.05) is 25.2 Å². The number of carbonyl (C=O) groups is 1. The summed E-state index contributed by atoms with van der Waals surface area (Å²) in [5.74, 6) is 0.563. The molecule has 0 N–H and O–H groups in total. The van der Waals surface area contributed by atoms with E-state index in [0.717, 1.165) is 12.8 Å². The molecule has 2 atom stereocenters. The monoisotopic (exact) mass is 236 g/mol. The summed E-state index contributed by atoms with van der Waals surface area (Å²) in [4.78, 5) is 11.7. The normalized spacial score (nSPS) is 25.1. The number of carbonyl (C=O) groups excluding carboxylic acids is 1. The van der Waals surface area contributed by atoms with Crippen molar-refractivity contribution in [3.05, 3.63) is 23.8 Å². The highest BCUT2D eigenvalue weighted by molar-refractivity contribution is 5.87. The SMILES string of the molecule is C=C(C)C(=O)OC(C)(C)C1C(C)=CCCC1C. The van der Waals surface area contributed by atoms with Gasteiger partial charge in [0.1, 0.15) is 5.60 Å². The molecule has 0 spiro atoms. The fourth-order valence-electron chi connectivity index (χ4n) is 2.94. The zero-order valence-electron chi connectivity index (χ0n) is 11.7. The van der Waals surface area contributed by atoms with Crippen molar-refractivity contribution in [3.63, 3.8) is 0 Å². The number of rotatable bonds is 3. The summed E-state index contributed by atoms with van der Waals surface area (Å²) in [6.45, 7) is 13.7. The highest BCUT2D eigenvalue weighted by Crippen LogP contribution is 2.39. The van der Waals surface area contributed by atoms with Gasteiger partial charge in [-0.3, -0.25) is 0 Å². The summed E-state index contributed by atoms with van der Waals surface area (Å²) in [7, 11) is 0. The smallest absolute Gasteiger partial charge is 0.333 e. The largest absolute Gasteiger partial charge is 0.456 e. The average molecular weight is 236 g/mol. The van der Waals surface area contributed by atoms with Gasteiger partial charge in [-0.05, 0) is 46.5 Å². The van der Waals surface area contributed by atoms with Crippen LogP contribution in [0, 0.1) is 11.8 Å². The second-order valence-corrected chi connectivity index (χ2v) is 5.75. The molecular formula is C15H24O2. The Morgan fingerprint density at radius 3 is 2.59 bits per heavy atom. The van der Waals surface area contributed by atoms with Crippen molar-refractivity contribution in [1.29, 1.82) is 0 Å². The van der Waals surface area contributed by atoms with Crippen LogP contribution in [0.15, 0.2) is 23.8 Å². The number of ether oxygens (including phenoxy) is 1. The van der Waals surface area contributed by atoms with Crippen LogP contribution in [0.3, 0.4) is 0 Å². The van der Waals surface area contributed by atoms with Crippen LogP contribution in [-0.4, -0.2) is 11.6 Å². The van der Waals surface area contributed by atoms with E-state index in [4.69, 9.17) is 4.74 Å². The van der Waals surface area contributed by atoms with Gasteiger partial charge in [0.15, 0.2) is 0 Å². The Kier molecular flexibility index (Phi) is 4.18. The molecule has 0 aromatic rings. The van der Waals surface area contributed by atoms with Crippen molar-refractivity contribution in [1.82, 2.24) is 0 Å². The molecule has 2 unspecified atom stereocenters. The summed E-state index contributed by atoms with van der Waals surface area (Å²) >= 11 is 0. The molecule has 2 nitrogen and oxygen atoms in total. The van der Waals surface area contributed by atoms with Gasteiger partial charge in [0, 0.05) is 11.5 Å². The van der Waals surface area contributed by atoms with Crippen LogP contribution in [0.4, 0.5) is 0 Å². The third kappa shape index (κ3) is 3.21. The summed E-state index contributed by atoms with van der Waals surface area (Å²) < 4.78 is 5.60. The van der Waals surface area contributed by atoms with Crippen molar-refractivity contribution in [2.75, 3.05) is 0 Å². The Hall–Kier alpha value is -1.05. The Morgan fingerprint density at radius 1 is 1.53 bits per heavy atom. The molecule has 0 saturated heterocycles. The molecule has 0 bridgehead atoms. The lowest BCUT2D eigenvalue weighted by Crippen LogP contribution is -2.42. The molecule has 0 aromatic carbocycles. The van der Waals surface area contributed by atoms with Crippen molar-refractivity contribution >= 4 is 5.97 Å². The number of hydrogen-bond acceptors (Lipinski definition) is 2. The summed E-state index contributed by atoms with van der Waals surface area (Å²) in [6.07, 6.45) is 4.56. The molecule has 0 saturated carbocycles. The second-order valence-electron chi connectivity index (χ2n) is 5.75. The van der Waals surface area contributed by atoms with E-state index in [-0.39, 0.29) is 5.97 Å². The first-order valence-electron chi connectivity index (χ1n) is 6.31. The van der Waals surface area contributed by atoms with Crippen LogP contribution in [0.1, 0.15) is 47.5 Å². The van der Waals surface area contributed by atoms with Crippen LogP contribution >= 0.6 is 0 Å². The minimum atomic E-state index is -0.462. The van der Waals surface area contributed by atoms with Crippen LogP contribution < -0.4 is 0 Å². The highest BCUT2D eigenvalue weighted by Gasteiger charge is 2.39. The Morgan fingerprint density at radius 2 is 2.12 bits per heavy atom. The Balaban J connectivity index is 2.88. The molecule has 2 heteroatoms. The van der Waals surface area contributed by atoms with Crippen molar-refractivity contribution in [2.24, 2.45) is 11.8 Å². The van der Waals surface area contributed by atoms with Gasteiger partial charge in [0.25, 0.3) is 0 Å². The molecule has 1 rings (SSSR count). The zero-order chi connectivity index (χ0) is 13.2. The maximum absolute atomic E-state index is 11.7. The molecule has 0 aromatic heterocycles. The summed E-state index contributed by atoms with van der Waals surface area (Å²) in [5.41, 5.74) is 1.34. The molecule has 96 valence electrons. The molecular weight excluding hydrogens is 212 g/mol. The second kappa shape index (κ2) is 5.07. The third-order valence-corrected chi connectivity index (χ3v) is 3.60. The van der Waals surface area contributed by atoms with E-state index < -0.39 is 5.60 Å². The molecule has 0 radical (unpaired) electrons. The summed E-state index contributed by atoms with van der Waals surface area (Å²) in [6, 6.07) is 0. The number of allylic oxidation sites excluding steroid dienone is 1. The molecule has 0 amide bonds. The topological polar surface area (TPSA) is 26.3 Å². The van der Waals surface area contributed by atoms with Crippen LogP contribution in [-0.2, 0) is 9.53 Å². The minimum absolute atomic E-state index is 0.291. The van der Waals surface area contributed by atoms with Gasteiger partial charge in [-0.25, -0.2) is 4.79 Å². The maximum Gasteiger partial charge on any atom is 0.333 e. The Labute approximate surface area is 105 Å². The van der Waals surface area contributed by atoms with Gasteiger partial charge in [-0.2, -0.15) is 0 Å². The fourth-order valence-corrected chi connectivity index (χ4v) is 2.94. The Bertz CT molecular complexity index is 350. The highest BCUT2D eigenvalue weighted by atomic mass is 16.6. The third-order valence-electron chi connectivity index (χ3n) is 3.60. The molecule has 1 aliphatic rings. The van der Waals surface area contributed by atoms with Crippen molar-refractivity contribution < 1.29 is 9.53 Å². The van der Waals surface area contributed by atoms with E-state index in [1.54, 1.807) is 6.92 Å². The van der Waals surface area contributed by atoms with E-state index in [9.17, 15) is 4.79 Å². The predicted molar refractivity (Wildman–Crippen MR) is 70.6 cm³/mol. The molecule has 0 aliphatic heterocycles. The van der Waals surface area contributed by atoms with E-state index in [1.165, 1.54) is 5.57 Å². The number of hydrogen-bond donors (Lipinski definition) is 0. The van der Waals surface area contributed by atoms with Gasteiger partial charge in [0.05, 0.1) is 0 Å². The van der Waals surface area contributed by atoms with Gasteiger partial charge < -0.3 is 4.74 Å². The molecule has 1 aliphatic carbocycles. The van der Waals surface area contributed by atoms with Gasteiger partial charge in [-0.15, -0.1) is 0 Å². The van der Waals surface area contributed by atoms with Crippen LogP contribution in [0.25, 0.3) is 0 Å². The minimum Gasteiger partial charge on any atom is -0.456 e. The summed E-state index contributed by atoms with van der Waals surface area (Å²) in [5, 5.41) is 0. The van der Waals surface area contributed by atoms with E-state index in [1.807, 2.05) is 13.8 Å². The standard InChI is InChI=1S/C15H24O2/c1-10(2)14(16)17-15(5,6)13-11(3)8-7-9-12(13)4/h8,12-13H,1,7,9H2,2-6H3. The average Bonchev–Trinajstić information content (AvgIpc) is 2.15. The lowest BCUT2D eigenvalue weighted by atomic mass is 9.71. The van der Waals surface area contributed by atoms with Gasteiger partial charge >= 0.3 is 5.97 Å². The fraction of sp³-hybridized carbons (Fsp3) is 0.667. The lowest BCUT2D eigenvalue weighted by Gasteiger charge is -2.40. The maximum atomic E-state index is 11.7.